The Bertz CT molecular complexity index is 779. The zero-order valence-electron chi connectivity index (χ0n) is 18.5. The first-order valence-electron chi connectivity index (χ1n) is 12.0. The summed E-state index contributed by atoms with van der Waals surface area (Å²) in [6.07, 6.45) is 9.66. The van der Waals surface area contributed by atoms with E-state index in [9.17, 15) is 14.4 Å². The molecule has 0 unspecified atom stereocenters. The molecule has 0 bridgehead atoms. The van der Waals surface area contributed by atoms with Gasteiger partial charge in [0, 0.05) is 63.4 Å². The highest BCUT2D eigenvalue weighted by Gasteiger charge is 2.26. The van der Waals surface area contributed by atoms with E-state index >= 15 is 0 Å². The number of nitrogens with zero attached hydrogens (tertiary/aromatic N) is 3. The molecular formula is C24H35N3O3S. The van der Waals surface area contributed by atoms with Crippen LogP contribution in [0.3, 0.4) is 0 Å². The molecule has 170 valence electrons. The Kier molecular flexibility index (Phi) is 7.64. The lowest BCUT2D eigenvalue weighted by atomic mass is 9.86. The maximum Gasteiger partial charge on any atom is 0.223 e. The van der Waals surface area contributed by atoms with E-state index in [0.717, 1.165) is 25.3 Å². The van der Waals surface area contributed by atoms with Crippen LogP contribution in [0, 0.1) is 5.92 Å². The van der Waals surface area contributed by atoms with Crippen molar-refractivity contribution in [3.8, 4) is 0 Å². The number of carbonyl (C=O) groups excluding carboxylic acids is 3. The van der Waals surface area contributed by atoms with Gasteiger partial charge in [-0.15, -0.1) is 11.3 Å². The van der Waals surface area contributed by atoms with Gasteiger partial charge in [-0.05, 0) is 35.8 Å². The summed E-state index contributed by atoms with van der Waals surface area (Å²) in [5, 5.41) is 2.09. The number of piperazine rings is 1. The van der Waals surface area contributed by atoms with Crippen LogP contribution < -0.4 is 0 Å². The summed E-state index contributed by atoms with van der Waals surface area (Å²) in [6.45, 7) is 3.84. The second-order valence-electron chi connectivity index (χ2n) is 9.24. The second kappa shape index (κ2) is 10.6. The molecule has 0 aromatic carbocycles. The number of amides is 3. The van der Waals surface area contributed by atoms with Gasteiger partial charge in [-0.2, -0.15) is 0 Å². The molecule has 3 heterocycles. The maximum absolute atomic E-state index is 12.6. The highest BCUT2D eigenvalue weighted by Crippen LogP contribution is 2.28. The first-order chi connectivity index (χ1) is 15.1. The molecule has 0 radical (unpaired) electrons. The third kappa shape index (κ3) is 5.88. The van der Waals surface area contributed by atoms with Crippen LogP contribution in [0.1, 0.15) is 68.2 Å². The molecule has 2 fully saturated rings. The van der Waals surface area contributed by atoms with E-state index in [0.29, 0.717) is 39.1 Å². The Hall–Kier alpha value is -1.89. The van der Waals surface area contributed by atoms with Gasteiger partial charge < -0.3 is 14.7 Å². The monoisotopic (exact) mass is 445 g/mol. The third-order valence-electron chi connectivity index (χ3n) is 7.19. The van der Waals surface area contributed by atoms with Crippen molar-refractivity contribution >= 4 is 29.1 Å². The van der Waals surface area contributed by atoms with Crippen molar-refractivity contribution in [2.75, 3.05) is 32.7 Å². The van der Waals surface area contributed by atoms with E-state index in [2.05, 4.69) is 11.4 Å². The molecule has 0 atom stereocenters. The zero-order valence-corrected chi connectivity index (χ0v) is 19.3. The molecule has 4 rings (SSSR count). The lowest BCUT2D eigenvalue weighted by Crippen LogP contribution is -2.50. The smallest absolute Gasteiger partial charge is 0.223 e. The summed E-state index contributed by atoms with van der Waals surface area (Å²) in [5.41, 5.74) is 1.25. The Labute approximate surface area is 189 Å². The minimum atomic E-state index is 0.0379. The summed E-state index contributed by atoms with van der Waals surface area (Å²) in [7, 11) is 0. The van der Waals surface area contributed by atoms with E-state index in [4.69, 9.17) is 0 Å². The van der Waals surface area contributed by atoms with Gasteiger partial charge in [-0.1, -0.05) is 32.1 Å². The molecule has 1 aromatic heterocycles. The highest BCUT2D eigenvalue weighted by atomic mass is 32.1. The third-order valence-corrected chi connectivity index (χ3v) is 8.21. The fourth-order valence-corrected chi connectivity index (χ4v) is 6.05. The van der Waals surface area contributed by atoms with Crippen molar-refractivity contribution in [2.24, 2.45) is 5.92 Å². The van der Waals surface area contributed by atoms with Crippen molar-refractivity contribution in [2.45, 2.75) is 70.8 Å². The number of carbonyl (C=O) groups is 3. The minimum absolute atomic E-state index is 0.0379. The van der Waals surface area contributed by atoms with E-state index in [1.807, 2.05) is 14.7 Å². The van der Waals surface area contributed by atoms with Crippen LogP contribution in [0.25, 0.3) is 0 Å². The van der Waals surface area contributed by atoms with Gasteiger partial charge in [0.1, 0.15) is 0 Å². The van der Waals surface area contributed by atoms with E-state index in [1.165, 1.54) is 42.5 Å². The summed E-state index contributed by atoms with van der Waals surface area (Å²) in [6, 6.07) is 2.10. The first-order valence-corrected chi connectivity index (χ1v) is 12.9. The Morgan fingerprint density at radius 1 is 0.806 bits per heavy atom. The van der Waals surface area contributed by atoms with E-state index in [1.54, 1.807) is 11.3 Å². The lowest BCUT2D eigenvalue weighted by molar-refractivity contribution is -0.141. The predicted molar refractivity (Wildman–Crippen MR) is 122 cm³/mol. The fourth-order valence-electron chi connectivity index (χ4n) is 5.16. The molecular weight excluding hydrogens is 410 g/mol. The van der Waals surface area contributed by atoms with Gasteiger partial charge in [-0.3, -0.25) is 14.4 Å². The molecule has 1 aliphatic carbocycles. The fraction of sp³-hybridized carbons (Fsp3) is 0.708. The van der Waals surface area contributed by atoms with Crippen LogP contribution >= 0.6 is 11.3 Å². The molecule has 1 aromatic rings. The van der Waals surface area contributed by atoms with Gasteiger partial charge >= 0.3 is 0 Å². The number of hydrogen-bond acceptors (Lipinski definition) is 4. The molecule has 0 N–H and O–H groups in total. The van der Waals surface area contributed by atoms with Crippen LogP contribution in [0.2, 0.25) is 0 Å². The maximum atomic E-state index is 12.6. The normalized spacial score (nSPS) is 19.9. The van der Waals surface area contributed by atoms with Gasteiger partial charge in [-0.25, -0.2) is 0 Å². The molecule has 31 heavy (non-hydrogen) atoms. The van der Waals surface area contributed by atoms with Gasteiger partial charge in [0.25, 0.3) is 0 Å². The summed E-state index contributed by atoms with van der Waals surface area (Å²) >= 11 is 1.76. The van der Waals surface area contributed by atoms with E-state index < -0.39 is 0 Å². The first kappa shape index (κ1) is 22.3. The van der Waals surface area contributed by atoms with Crippen molar-refractivity contribution < 1.29 is 14.4 Å². The summed E-state index contributed by atoms with van der Waals surface area (Å²) in [4.78, 5) is 44.7. The topological polar surface area (TPSA) is 60.9 Å². The molecule has 1 saturated heterocycles. The van der Waals surface area contributed by atoms with Gasteiger partial charge in [0.2, 0.25) is 17.7 Å². The summed E-state index contributed by atoms with van der Waals surface area (Å²) in [5.74, 6) is 1.08. The van der Waals surface area contributed by atoms with Crippen LogP contribution in [-0.4, -0.2) is 65.1 Å². The average molecular weight is 446 g/mol. The summed E-state index contributed by atoms with van der Waals surface area (Å²) < 4.78 is 0. The molecule has 1 saturated carbocycles. The standard InChI is InChI=1S/C24H35N3O3S/c28-22(7-6-19-4-2-1-3-5-19)25-13-15-26(16-14-25)23(29)8-9-24(30)27-12-10-21-20(18-27)11-17-31-21/h11,17,19H,1-10,12-16,18H2. The number of fused-ring (bicyclic) bond motifs is 1. The van der Waals surface area contributed by atoms with Gasteiger partial charge in [0.15, 0.2) is 0 Å². The van der Waals surface area contributed by atoms with Crippen LogP contribution in [0.5, 0.6) is 0 Å². The van der Waals surface area contributed by atoms with E-state index in [-0.39, 0.29) is 30.6 Å². The largest absolute Gasteiger partial charge is 0.339 e. The van der Waals surface area contributed by atoms with Crippen LogP contribution in [-0.2, 0) is 27.3 Å². The predicted octanol–water partition coefficient (Wildman–Crippen LogP) is 3.44. The Balaban J connectivity index is 1.14. The van der Waals surface area contributed by atoms with Crippen molar-refractivity contribution in [1.29, 1.82) is 0 Å². The number of hydrogen-bond donors (Lipinski definition) is 0. The number of rotatable bonds is 6. The molecule has 6 nitrogen and oxygen atoms in total. The molecule has 3 aliphatic rings. The minimum Gasteiger partial charge on any atom is -0.339 e. The second-order valence-corrected chi connectivity index (χ2v) is 10.2. The van der Waals surface area contributed by atoms with Crippen molar-refractivity contribution in [3.05, 3.63) is 21.9 Å². The highest BCUT2D eigenvalue weighted by molar-refractivity contribution is 7.10. The van der Waals surface area contributed by atoms with Crippen molar-refractivity contribution in [1.82, 2.24) is 14.7 Å². The molecule has 3 amide bonds. The van der Waals surface area contributed by atoms with Gasteiger partial charge in [0.05, 0.1) is 0 Å². The molecule has 2 aliphatic heterocycles. The Morgan fingerprint density at radius 3 is 2.10 bits per heavy atom. The number of thiophene rings is 1. The van der Waals surface area contributed by atoms with Crippen molar-refractivity contribution in [3.63, 3.8) is 0 Å². The zero-order chi connectivity index (χ0) is 21.6. The average Bonchev–Trinajstić information content (AvgIpc) is 3.29. The Morgan fingerprint density at radius 2 is 1.42 bits per heavy atom. The lowest BCUT2D eigenvalue weighted by Gasteiger charge is -2.35. The molecule has 0 spiro atoms. The quantitative estimate of drug-likeness (QED) is 0.674. The molecule has 7 heteroatoms. The SMILES string of the molecule is O=C(CCC(=O)N1CCc2sccc2C1)N1CCN(C(=O)CCC2CCCCC2)CC1. The van der Waals surface area contributed by atoms with Crippen LogP contribution in [0.4, 0.5) is 0 Å². The van der Waals surface area contributed by atoms with Crippen LogP contribution in [0.15, 0.2) is 11.4 Å².